The molecule has 3 rings (SSSR count). The average Bonchev–Trinajstić information content (AvgIpc) is 2.66. The Morgan fingerprint density at radius 1 is 1.05 bits per heavy atom. The molecule has 0 fully saturated rings. The quantitative estimate of drug-likeness (QED) is 0.805. The Balaban J connectivity index is 1.85. The number of carbonyl (C=O) groups excluding carboxylic acids is 1. The van der Waals surface area contributed by atoms with E-state index in [1.165, 1.54) is 12.1 Å². The van der Waals surface area contributed by atoms with Gasteiger partial charge in [0, 0.05) is 17.5 Å². The highest BCUT2D eigenvalue weighted by molar-refractivity contribution is 6.02. The summed E-state index contributed by atoms with van der Waals surface area (Å²) < 4.78 is 26.3. The standard InChI is InChI=1S/C16H12F2O/c17-13-6-10(7-14(18)9-13)5-12-8-11-3-1-2-4-15(11)16(12)19/h1-4,6-7,9,12H,5,8H2. The second-order valence-electron chi connectivity index (χ2n) is 4.90. The maximum Gasteiger partial charge on any atom is 0.166 e. The molecule has 0 radical (unpaired) electrons. The predicted molar refractivity (Wildman–Crippen MR) is 68.0 cm³/mol. The number of Topliss-reactive ketones (excluding diaryl/α,β-unsaturated/α-hetero) is 1. The van der Waals surface area contributed by atoms with Gasteiger partial charge in [-0.1, -0.05) is 24.3 Å². The van der Waals surface area contributed by atoms with Crippen molar-refractivity contribution in [1.29, 1.82) is 0 Å². The number of carbonyl (C=O) groups is 1. The van der Waals surface area contributed by atoms with Crippen molar-refractivity contribution in [2.45, 2.75) is 12.8 Å². The number of halogens is 2. The molecule has 0 N–H and O–H groups in total. The number of rotatable bonds is 2. The summed E-state index contributed by atoms with van der Waals surface area (Å²) in [7, 11) is 0. The molecule has 1 aliphatic rings. The summed E-state index contributed by atoms with van der Waals surface area (Å²) in [4.78, 5) is 12.2. The molecule has 0 spiro atoms. The van der Waals surface area contributed by atoms with Crippen LogP contribution in [0.2, 0.25) is 0 Å². The zero-order valence-electron chi connectivity index (χ0n) is 10.2. The van der Waals surface area contributed by atoms with Gasteiger partial charge in [0.05, 0.1) is 0 Å². The van der Waals surface area contributed by atoms with Crippen molar-refractivity contribution in [3.8, 4) is 0 Å². The summed E-state index contributed by atoms with van der Waals surface area (Å²) in [5.41, 5.74) is 2.29. The minimum absolute atomic E-state index is 0.0697. The molecule has 0 saturated carbocycles. The number of hydrogen-bond acceptors (Lipinski definition) is 1. The monoisotopic (exact) mass is 258 g/mol. The molecule has 19 heavy (non-hydrogen) atoms. The minimum Gasteiger partial charge on any atom is -0.294 e. The van der Waals surface area contributed by atoms with Crippen LogP contribution in [0.1, 0.15) is 21.5 Å². The predicted octanol–water partition coefficient (Wildman–Crippen LogP) is 3.56. The van der Waals surface area contributed by atoms with Gasteiger partial charge in [0.1, 0.15) is 11.6 Å². The topological polar surface area (TPSA) is 17.1 Å². The second kappa shape index (κ2) is 4.57. The van der Waals surface area contributed by atoms with Crippen LogP contribution in [0.4, 0.5) is 8.78 Å². The lowest BCUT2D eigenvalue weighted by Crippen LogP contribution is -2.12. The van der Waals surface area contributed by atoms with Crippen LogP contribution < -0.4 is 0 Å². The van der Waals surface area contributed by atoms with Gasteiger partial charge in [-0.05, 0) is 36.1 Å². The fourth-order valence-corrected chi connectivity index (χ4v) is 2.69. The Kier molecular flexibility index (Phi) is 2.90. The summed E-state index contributed by atoms with van der Waals surface area (Å²) in [6.45, 7) is 0. The normalized spacial score (nSPS) is 17.6. The maximum absolute atomic E-state index is 13.1. The number of hydrogen-bond donors (Lipinski definition) is 0. The molecule has 2 aromatic carbocycles. The van der Waals surface area contributed by atoms with Gasteiger partial charge < -0.3 is 0 Å². The van der Waals surface area contributed by atoms with Crippen molar-refractivity contribution >= 4 is 5.78 Å². The van der Waals surface area contributed by atoms with E-state index in [0.717, 1.165) is 17.2 Å². The zero-order chi connectivity index (χ0) is 13.4. The van der Waals surface area contributed by atoms with E-state index in [1.807, 2.05) is 24.3 Å². The number of fused-ring (bicyclic) bond motifs is 1. The van der Waals surface area contributed by atoms with E-state index < -0.39 is 11.6 Å². The van der Waals surface area contributed by atoms with Gasteiger partial charge >= 0.3 is 0 Å². The Bertz CT molecular complexity index is 629. The van der Waals surface area contributed by atoms with E-state index >= 15 is 0 Å². The lowest BCUT2D eigenvalue weighted by molar-refractivity contribution is 0.0936. The molecule has 1 nitrogen and oxygen atoms in total. The lowest BCUT2D eigenvalue weighted by Gasteiger charge is -2.08. The number of ketones is 1. The van der Waals surface area contributed by atoms with Crippen LogP contribution in [0.15, 0.2) is 42.5 Å². The highest BCUT2D eigenvalue weighted by atomic mass is 19.1. The smallest absolute Gasteiger partial charge is 0.166 e. The molecule has 1 aliphatic carbocycles. The lowest BCUT2D eigenvalue weighted by atomic mass is 9.95. The highest BCUT2D eigenvalue weighted by Crippen LogP contribution is 2.29. The Labute approximate surface area is 109 Å². The molecule has 1 atom stereocenters. The minimum atomic E-state index is -0.599. The van der Waals surface area contributed by atoms with E-state index in [0.29, 0.717) is 18.4 Å². The third-order valence-electron chi connectivity index (χ3n) is 3.52. The maximum atomic E-state index is 13.1. The second-order valence-corrected chi connectivity index (χ2v) is 4.90. The van der Waals surface area contributed by atoms with Crippen molar-refractivity contribution in [3.05, 3.63) is 70.8 Å². The third kappa shape index (κ3) is 2.28. The summed E-state index contributed by atoms with van der Waals surface area (Å²) in [5, 5.41) is 0. The highest BCUT2D eigenvalue weighted by Gasteiger charge is 2.30. The summed E-state index contributed by atoms with van der Waals surface area (Å²) in [6.07, 6.45) is 1.02. The van der Waals surface area contributed by atoms with Gasteiger partial charge in [-0.3, -0.25) is 4.79 Å². The largest absolute Gasteiger partial charge is 0.294 e. The molecule has 0 aliphatic heterocycles. The van der Waals surface area contributed by atoms with Crippen LogP contribution in [0.5, 0.6) is 0 Å². The van der Waals surface area contributed by atoms with Gasteiger partial charge in [0.25, 0.3) is 0 Å². The Morgan fingerprint density at radius 3 is 2.42 bits per heavy atom. The van der Waals surface area contributed by atoms with Crippen LogP contribution in [-0.2, 0) is 12.8 Å². The summed E-state index contributed by atoms with van der Waals surface area (Å²) >= 11 is 0. The van der Waals surface area contributed by atoms with Crippen LogP contribution in [-0.4, -0.2) is 5.78 Å². The van der Waals surface area contributed by atoms with Crippen molar-refractivity contribution in [1.82, 2.24) is 0 Å². The molecule has 3 heteroatoms. The molecule has 0 bridgehead atoms. The first kappa shape index (κ1) is 12.0. The first-order valence-corrected chi connectivity index (χ1v) is 6.20. The van der Waals surface area contributed by atoms with Crippen molar-refractivity contribution in [2.75, 3.05) is 0 Å². The Hall–Kier alpha value is -2.03. The van der Waals surface area contributed by atoms with Gasteiger partial charge in [0.2, 0.25) is 0 Å². The van der Waals surface area contributed by atoms with Gasteiger partial charge in [-0.2, -0.15) is 0 Å². The molecule has 1 unspecified atom stereocenters. The fraction of sp³-hybridized carbons (Fsp3) is 0.188. The van der Waals surface area contributed by atoms with E-state index in [2.05, 4.69) is 0 Å². The molecule has 0 heterocycles. The van der Waals surface area contributed by atoms with E-state index in [-0.39, 0.29) is 11.7 Å². The molecular formula is C16H12F2O. The van der Waals surface area contributed by atoms with Gasteiger partial charge in [-0.25, -0.2) is 8.78 Å². The van der Waals surface area contributed by atoms with Gasteiger partial charge in [-0.15, -0.1) is 0 Å². The van der Waals surface area contributed by atoms with Gasteiger partial charge in [0.15, 0.2) is 5.78 Å². The van der Waals surface area contributed by atoms with Crippen molar-refractivity contribution in [2.24, 2.45) is 5.92 Å². The van der Waals surface area contributed by atoms with E-state index in [1.54, 1.807) is 0 Å². The first-order chi connectivity index (χ1) is 9.13. The van der Waals surface area contributed by atoms with Crippen LogP contribution in [0.25, 0.3) is 0 Å². The third-order valence-corrected chi connectivity index (χ3v) is 3.52. The molecule has 96 valence electrons. The van der Waals surface area contributed by atoms with Crippen LogP contribution >= 0.6 is 0 Å². The molecular weight excluding hydrogens is 246 g/mol. The Morgan fingerprint density at radius 2 is 1.74 bits per heavy atom. The van der Waals surface area contributed by atoms with Crippen LogP contribution in [0, 0.1) is 17.6 Å². The summed E-state index contributed by atoms with van der Waals surface area (Å²) in [6, 6.07) is 10.9. The first-order valence-electron chi connectivity index (χ1n) is 6.20. The molecule has 0 saturated heterocycles. The molecule has 0 amide bonds. The fourth-order valence-electron chi connectivity index (χ4n) is 2.69. The summed E-state index contributed by atoms with van der Waals surface area (Å²) in [5.74, 6) is -1.34. The average molecular weight is 258 g/mol. The van der Waals surface area contributed by atoms with Crippen LogP contribution in [0.3, 0.4) is 0 Å². The molecule has 0 aromatic heterocycles. The van der Waals surface area contributed by atoms with Crippen molar-refractivity contribution in [3.63, 3.8) is 0 Å². The number of benzene rings is 2. The van der Waals surface area contributed by atoms with E-state index in [4.69, 9.17) is 0 Å². The van der Waals surface area contributed by atoms with Crippen molar-refractivity contribution < 1.29 is 13.6 Å². The van der Waals surface area contributed by atoms with E-state index in [9.17, 15) is 13.6 Å². The SMILES string of the molecule is O=C1c2ccccc2CC1Cc1cc(F)cc(F)c1. The zero-order valence-corrected chi connectivity index (χ0v) is 10.2. The molecule has 2 aromatic rings.